The Morgan fingerprint density at radius 2 is 1.59 bits per heavy atom. The van der Waals surface area contributed by atoms with E-state index in [9.17, 15) is 13.2 Å². The monoisotopic (exact) mass is 374 g/mol. The van der Waals surface area contributed by atoms with Crippen molar-refractivity contribution in [3.05, 3.63) is 60.2 Å². The second-order valence-corrected chi connectivity index (χ2v) is 6.76. The van der Waals surface area contributed by atoms with Gasteiger partial charge in [-0.25, -0.2) is 9.37 Å². The maximum absolute atomic E-state index is 14.0. The zero-order chi connectivity index (χ0) is 19.0. The number of hydrogen-bond donors (Lipinski definition) is 0. The zero-order valence-electron chi connectivity index (χ0n) is 15.0. The lowest BCUT2D eigenvalue weighted by Gasteiger charge is -2.39. The van der Waals surface area contributed by atoms with Crippen molar-refractivity contribution >= 4 is 16.7 Å². The largest absolute Gasteiger partial charge is 0.367 e. The molecule has 1 aromatic heterocycles. The van der Waals surface area contributed by atoms with Gasteiger partial charge in [0.15, 0.2) is 0 Å². The minimum Gasteiger partial charge on any atom is -0.367 e. The first-order chi connectivity index (χ1) is 13.1. The summed E-state index contributed by atoms with van der Waals surface area (Å²) in [5.74, 6) is 0.129. The smallest absolute Gasteiger partial charge is 0.320 e. The second-order valence-electron chi connectivity index (χ2n) is 6.76. The number of piperazine rings is 1. The summed E-state index contributed by atoms with van der Waals surface area (Å²) in [6.07, 6.45) is 0. The number of halogens is 3. The molecule has 4 nitrogen and oxygen atoms in total. The van der Waals surface area contributed by atoms with Crippen molar-refractivity contribution in [1.29, 1.82) is 0 Å². The van der Waals surface area contributed by atoms with Crippen molar-refractivity contribution in [2.45, 2.75) is 19.5 Å². The molecule has 0 N–H and O–H groups in total. The topological polar surface area (TPSA) is 24.3 Å². The minimum absolute atomic E-state index is 0.238. The van der Waals surface area contributed by atoms with Gasteiger partial charge in [0.2, 0.25) is 0 Å². The Kier molecular flexibility index (Phi) is 4.78. The van der Waals surface area contributed by atoms with Gasteiger partial charge in [0, 0.05) is 26.2 Å². The third kappa shape index (κ3) is 3.27. The Balaban J connectivity index is 1.55. The molecular formula is C20H21F3N4. The molecule has 0 aliphatic carbocycles. The van der Waals surface area contributed by atoms with Gasteiger partial charge in [0.1, 0.15) is 11.6 Å². The van der Waals surface area contributed by atoms with Crippen LogP contribution in [0, 0.1) is 5.82 Å². The fraction of sp³-hybridized carbons (Fsp3) is 0.350. The average molecular weight is 374 g/mol. The van der Waals surface area contributed by atoms with Gasteiger partial charge >= 0.3 is 6.55 Å². The van der Waals surface area contributed by atoms with Crippen LogP contribution in [-0.4, -0.2) is 40.6 Å². The molecule has 1 unspecified atom stereocenters. The molecule has 4 rings (SSSR count). The second kappa shape index (κ2) is 7.23. The van der Waals surface area contributed by atoms with E-state index in [-0.39, 0.29) is 11.9 Å². The lowest BCUT2D eigenvalue weighted by Crippen LogP contribution is -2.47. The molecule has 7 heteroatoms. The molecule has 0 spiro atoms. The summed E-state index contributed by atoms with van der Waals surface area (Å²) in [6, 6.07) is 13.4. The molecule has 27 heavy (non-hydrogen) atoms. The van der Waals surface area contributed by atoms with Crippen molar-refractivity contribution in [1.82, 2.24) is 14.5 Å². The van der Waals surface area contributed by atoms with Crippen LogP contribution in [0.5, 0.6) is 0 Å². The zero-order valence-corrected chi connectivity index (χ0v) is 15.0. The van der Waals surface area contributed by atoms with Crippen LogP contribution < -0.4 is 4.90 Å². The van der Waals surface area contributed by atoms with Crippen LogP contribution in [0.1, 0.15) is 25.3 Å². The number of hydrogen-bond acceptors (Lipinski definition) is 3. The molecule has 2 aromatic carbocycles. The van der Waals surface area contributed by atoms with Crippen molar-refractivity contribution in [3.8, 4) is 0 Å². The molecule has 0 saturated carbocycles. The predicted molar refractivity (Wildman–Crippen MR) is 99.6 cm³/mol. The van der Waals surface area contributed by atoms with Crippen molar-refractivity contribution in [2.75, 3.05) is 31.1 Å². The molecule has 0 bridgehead atoms. The van der Waals surface area contributed by atoms with Crippen LogP contribution in [0.25, 0.3) is 11.0 Å². The summed E-state index contributed by atoms with van der Waals surface area (Å²) in [6.45, 7) is 1.85. The third-order valence-electron chi connectivity index (χ3n) is 5.25. The van der Waals surface area contributed by atoms with Crippen molar-refractivity contribution in [3.63, 3.8) is 0 Å². The number of benzene rings is 2. The summed E-state index contributed by atoms with van der Waals surface area (Å²) in [4.78, 5) is 8.59. The molecular weight excluding hydrogens is 353 g/mol. The fourth-order valence-corrected chi connectivity index (χ4v) is 3.78. The van der Waals surface area contributed by atoms with Gasteiger partial charge in [-0.3, -0.25) is 9.47 Å². The van der Waals surface area contributed by atoms with E-state index in [1.54, 1.807) is 36.4 Å². The van der Waals surface area contributed by atoms with E-state index >= 15 is 0 Å². The van der Waals surface area contributed by atoms with Gasteiger partial charge in [-0.2, -0.15) is 8.78 Å². The standard InChI is InChI=1S/C20H21F3N4/c1-14(19-24-16-7-3-5-9-18(16)27(19)20(22)23)25-10-12-26(13-11-25)17-8-4-2-6-15(17)21/h2-9,14,20H,10-13H2,1H3. The van der Waals surface area contributed by atoms with Crippen LogP contribution >= 0.6 is 0 Å². The lowest BCUT2D eigenvalue weighted by atomic mass is 10.2. The van der Waals surface area contributed by atoms with Gasteiger partial charge in [-0.1, -0.05) is 24.3 Å². The third-order valence-corrected chi connectivity index (χ3v) is 5.25. The van der Waals surface area contributed by atoms with Crippen molar-refractivity contribution in [2.24, 2.45) is 0 Å². The fourth-order valence-electron chi connectivity index (χ4n) is 3.78. The Morgan fingerprint density at radius 3 is 2.30 bits per heavy atom. The van der Waals surface area contributed by atoms with E-state index in [1.807, 2.05) is 17.9 Å². The summed E-state index contributed by atoms with van der Waals surface area (Å²) < 4.78 is 42.4. The highest BCUT2D eigenvalue weighted by Crippen LogP contribution is 2.30. The van der Waals surface area contributed by atoms with E-state index < -0.39 is 6.55 Å². The first kappa shape index (κ1) is 17.9. The van der Waals surface area contributed by atoms with Crippen LogP contribution in [-0.2, 0) is 0 Å². The lowest BCUT2D eigenvalue weighted by molar-refractivity contribution is 0.0641. The summed E-state index contributed by atoms with van der Waals surface area (Å²) in [5.41, 5.74) is 1.61. The number of nitrogens with zero attached hydrogens (tertiary/aromatic N) is 4. The Bertz CT molecular complexity index is 932. The van der Waals surface area contributed by atoms with Crippen LogP contribution in [0.2, 0.25) is 0 Å². The van der Waals surface area contributed by atoms with E-state index in [1.165, 1.54) is 6.07 Å². The molecule has 0 radical (unpaired) electrons. The Labute approximate surface area is 155 Å². The maximum Gasteiger partial charge on any atom is 0.320 e. The maximum atomic E-state index is 14.0. The van der Waals surface area contributed by atoms with Gasteiger partial charge < -0.3 is 4.90 Å². The normalized spacial score (nSPS) is 17.0. The quantitative estimate of drug-likeness (QED) is 0.674. The number of aromatic nitrogens is 2. The minimum atomic E-state index is -2.64. The average Bonchev–Trinajstić information content (AvgIpc) is 3.08. The number of rotatable bonds is 4. The van der Waals surface area contributed by atoms with Crippen LogP contribution in [0.3, 0.4) is 0 Å². The molecule has 1 saturated heterocycles. The molecule has 1 atom stereocenters. The number of imidazole rings is 1. The predicted octanol–water partition coefficient (Wildman–Crippen LogP) is 4.45. The van der Waals surface area contributed by atoms with E-state index in [0.29, 0.717) is 48.7 Å². The molecule has 1 aliphatic heterocycles. The highest BCUT2D eigenvalue weighted by atomic mass is 19.3. The first-order valence-electron chi connectivity index (χ1n) is 9.05. The van der Waals surface area contributed by atoms with Gasteiger partial charge in [-0.05, 0) is 31.2 Å². The molecule has 142 valence electrons. The molecule has 0 amide bonds. The van der Waals surface area contributed by atoms with E-state index in [4.69, 9.17) is 0 Å². The molecule has 1 fully saturated rings. The van der Waals surface area contributed by atoms with Gasteiger partial charge in [0.25, 0.3) is 0 Å². The number of alkyl halides is 2. The van der Waals surface area contributed by atoms with E-state index in [0.717, 1.165) is 4.57 Å². The van der Waals surface area contributed by atoms with Crippen molar-refractivity contribution < 1.29 is 13.2 Å². The highest BCUT2D eigenvalue weighted by Gasteiger charge is 2.28. The number of anilines is 1. The van der Waals surface area contributed by atoms with Gasteiger partial charge in [0.05, 0.1) is 22.8 Å². The highest BCUT2D eigenvalue weighted by molar-refractivity contribution is 5.76. The first-order valence-corrected chi connectivity index (χ1v) is 9.05. The van der Waals surface area contributed by atoms with Gasteiger partial charge in [-0.15, -0.1) is 0 Å². The molecule has 3 aromatic rings. The summed E-state index contributed by atoms with van der Waals surface area (Å²) in [5, 5.41) is 0. The summed E-state index contributed by atoms with van der Waals surface area (Å²) >= 11 is 0. The SMILES string of the molecule is CC(c1nc2ccccc2n1C(F)F)N1CCN(c2ccccc2F)CC1. The van der Waals surface area contributed by atoms with Crippen LogP contribution in [0.15, 0.2) is 48.5 Å². The van der Waals surface area contributed by atoms with E-state index in [2.05, 4.69) is 9.88 Å². The molecule has 2 heterocycles. The number of fused-ring (bicyclic) bond motifs is 1. The Hall–Kier alpha value is -2.54. The summed E-state index contributed by atoms with van der Waals surface area (Å²) in [7, 11) is 0. The van der Waals surface area contributed by atoms with Crippen LogP contribution in [0.4, 0.5) is 18.9 Å². The number of para-hydroxylation sites is 3. The Morgan fingerprint density at radius 1 is 0.926 bits per heavy atom. The molecule has 1 aliphatic rings.